The van der Waals surface area contributed by atoms with Gasteiger partial charge >= 0.3 is 5.97 Å². The number of hydrogen-bond donors (Lipinski definition) is 2. The second-order valence-electron chi connectivity index (χ2n) is 5.26. The van der Waals surface area contributed by atoms with Gasteiger partial charge in [0.15, 0.2) is 6.04 Å². The van der Waals surface area contributed by atoms with E-state index in [4.69, 9.17) is 17.3 Å². The quantitative estimate of drug-likeness (QED) is 0.887. The first-order valence-corrected chi connectivity index (χ1v) is 7.05. The smallest absolute Gasteiger partial charge is 0.329 e. The van der Waals surface area contributed by atoms with E-state index in [1.807, 2.05) is 19.1 Å². The molecule has 3 rings (SSSR count). The lowest BCUT2D eigenvalue weighted by Gasteiger charge is -2.30. The van der Waals surface area contributed by atoms with E-state index >= 15 is 0 Å². The lowest BCUT2D eigenvalue weighted by atomic mass is 9.83. The van der Waals surface area contributed by atoms with Crippen molar-refractivity contribution in [3.63, 3.8) is 0 Å². The number of aliphatic carboxylic acids is 1. The molecule has 3 N–H and O–H groups in total. The average Bonchev–Trinajstić information content (AvgIpc) is 2.80. The number of carboxylic acid groups (broad SMARTS) is 1. The number of rotatable bonds is 2. The zero-order valence-electron chi connectivity index (χ0n) is 11.5. The second kappa shape index (κ2) is 5.04. The molecule has 21 heavy (non-hydrogen) atoms. The van der Waals surface area contributed by atoms with Crippen molar-refractivity contribution in [2.75, 3.05) is 5.73 Å². The molecule has 2 heterocycles. The lowest BCUT2D eigenvalue weighted by Crippen LogP contribution is -2.32. The highest BCUT2D eigenvalue weighted by Gasteiger charge is 2.38. The maximum absolute atomic E-state index is 11.7. The normalized spacial score (nSPS) is 21.0. The van der Waals surface area contributed by atoms with Crippen LogP contribution >= 0.6 is 11.6 Å². The molecule has 2 aromatic rings. The van der Waals surface area contributed by atoms with E-state index in [-0.39, 0.29) is 11.9 Å². The monoisotopic (exact) mass is 306 g/mol. The second-order valence-corrected chi connectivity index (χ2v) is 5.70. The topological polar surface area (TPSA) is 94.0 Å². The molecule has 1 aliphatic heterocycles. The molecule has 2 atom stereocenters. The number of hydrogen-bond acceptors (Lipinski definition) is 4. The summed E-state index contributed by atoms with van der Waals surface area (Å²) in [6.07, 6.45) is 1.32. The van der Waals surface area contributed by atoms with E-state index in [9.17, 15) is 9.90 Å². The summed E-state index contributed by atoms with van der Waals surface area (Å²) < 4.78 is 1.44. The standard InChI is InChI=1S/C14H15ClN4O2/c1-7-2-3-8(15)6-10(7)9-4-5-11-17-14(16)18-19(11)12(9)13(20)21/h2-3,6,9,12H,4-5H2,1H3,(H2,16,18)(H,20,21). The fourth-order valence-corrected chi connectivity index (χ4v) is 3.17. The van der Waals surface area contributed by atoms with E-state index < -0.39 is 12.0 Å². The zero-order valence-corrected chi connectivity index (χ0v) is 12.2. The minimum absolute atomic E-state index is 0.111. The number of nitrogen functional groups attached to an aromatic ring is 1. The van der Waals surface area contributed by atoms with E-state index in [1.54, 1.807) is 6.07 Å². The number of carboxylic acids is 1. The Morgan fingerprint density at radius 3 is 3.00 bits per heavy atom. The number of halogens is 1. The molecule has 0 spiro atoms. The van der Waals surface area contributed by atoms with Crippen LogP contribution in [0, 0.1) is 6.92 Å². The number of nitrogens with two attached hydrogens (primary N) is 1. The first-order chi connectivity index (χ1) is 9.97. The van der Waals surface area contributed by atoms with Crippen molar-refractivity contribution in [3.05, 3.63) is 40.2 Å². The van der Waals surface area contributed by atoms with Crippen LogP contribution in [0.15, 0.2) is 18.2 Å². The molecule has 0 fully saturated rings. The summed E-state index contributed by atoms with van der Waals surface area (Å²) in [4.78, 5) is 15.8. The summed E-state index contributed by atoms with van der Waals surface area (Å²) in [6, 6.07) is 4.73. The molecule has 110 valence electrons. The minimum Gasteiger partial charge on any atom is -0.480 e. The zero-order chi connectivity index (χ0) is 15.1. The van der Waals surface area contributed by atoms with Crippen LogP contribution in [0.4, 0.5) is 5.95 Å². The number of aryl methyl sites for hydroxylation is 2. The summed E-state index contributed by atoms with van der Waals surface area (Å²) in [5.41, 5.74) is 7.56. The highest BCUT2D eigenvalue weighted by molar-refractivity contribution is 6.30. The van der Waals surface area contributed by atoms with Crippen molar-refractivity contribution < 1.29 is 9.90 Å². The van der Waals surface area contributed by atoms with Gasteiger partial charge in [0.25, 0.3) is 0 Å². The predicted octanol–water partition coefficient (Wildman–Crippen LogP) is 2.18. The van der Waals surface area contributed by atoms with Gasteiger partial charge in [-0.15, -0.1) is 5.10 Å². The highest BCUT2D eigenvalue weighted by Crippen LogP contribution is 2.39. The van der Waals surface area contributed by atoms with Gasteiger partial charge < -0.3 is 10.8 Å². The number of anilines is 1. The third-order valence-electron chi connectivity index (χ3n) is 3.94. The van der Waals surface area contributed by atoms with Gasteiger partial charge in [0.1, 0.15) is 5.82 Å². The Hall–Kier alpha value is -2.08. The van der Waals surface area contributed by atoms with Crippen molar-refractivity contribution >= 4 is 23.5 Å². The Kier molecular flexibility index (Phi) is 3.33. The summed E-state index contributed by atoms with van der Waals surface area (Å²) in [7, 11) is 0. The van der Waals surface area contributed by atoms with Gasteiger partial charge in [0, 0.05) is 17.4 Å². The van der Waals surface area contributed by atoms with Gasteiger partial charge in [-0.25, -0.2) is 9.48 Å². The maximum Gasteiger partial charge on any atom is 0.329 e. The van der Waals surface area contributed by atoms with Crippen LogP contribution in [0.2, 0.25) is 5.02 Å². The van der Waals surface area contributed by atoms with Crippen LogP contribution in [0.25, 0.3) is 0 Å². The van der Waals surface area contributed by atoms with Crippen molar-refractivity contribution in [2.24, 2.45) is 0 Å². The van der Waals surface area contributed by atoms with Crippen molar-refractivity contribution in [1.29, 1.82) is 0 Å². The average molecular weight is 307 g/mol. The van der Waals surface area contributed by atoms with Crippen molar-refractivity contribution in [2.45, 2.75) is 31.7 Å². The number of benzene rings is 1. The first-order valence-electron chi connectivity index (χ1n) is 6.67. The van der Waals surface area contributed by atoms with Crippen LogP contribution < -0.4 is 5.73 Å². The molecule has 1 aliphatic rings. The molecule has 0 saturated heterocycles. The lowest BCUT2D eigenvalue weighted by molar-refractivity contribution is -0.142. The third kappa shape index (κ3) is 2.35. The van der Waals surface area contributed by atoms with E-state index in [0.717, 1.165) is 11.1 Å². The molecule has 0 aliphatic carbocycles. The Labute approximate surface area is 126 Å². The molecule has 1 aromatic carbocycles. The maximum atomic E-state index is 11.7. The molecule has 0 amide bonds. The first kappa shape index (κ1) is 13.9. The van der Waals surface area contributed by atoms with Gasteiger partial charge in [-0.2, -0.15) is 4.98 Å². The fraction of sp³-hybridized carbons (Fsp3) is 0.357. The van der Waals surface area contributed by atoms with Gasteiger partial charge in [-0.1, -0.05) is 17.7 Å². The van der Waals surface area contributed by atoms with Crippen molar-refractivity contribution in [3.8, 4) is 0 Å². The summed E-state index contributed by atoms with van der Waals surface area (Å²) >= 11 is 6.07. The summed E-state index contributed by atoms with van der Waals surface area (Å²) in [5.74, 6) is -0.407. The van der Waals surface area contributed by atoms with Crippen LogP contribution in [0.1, 0.15) is 35.3 Å². The molecule has 0 bridgehead atoms. The number of fused-ring (bicyclic) bond motifs is 1. The van der Waals surface area contributed by atoms with Gasteiger partial charge in [0.2, 0.25) is 5.95 Å². The van der Waals surface area contributed by atoms with Crippen molar-refractivity contribution in [1.82, 2.24) is 14.8 Å². The van der Waals surface area contributed by atoms with Crippen LogP contribution in [0.3, 0.4) is 0 Å². The third-order valence-corrected chi connectivity index (χ3v) is 4.17. The Bertz CT molecular complexity index is 713. The Morgan fingerprint density at radius 2 is 2.29 bits per heavy atom. The van der Waals surface area contributed by atoms with E-state index in [2.05, 4.69) is 10.1 Å². The molecule has 2 unspecified atom stereocenters. The SMILES string of the molecule is Cc1ccc(Cl)cc1C1CCc2nc(N)nn2C1C(=O)O. The molecular formula is C14H15ClN4O2. The van der Waals surface area contributed by atoms with Crippen LogP contribution in [-0.4, -0.2) is 25.8 Å². The largest absolute Gasteiger partial charge is 0.480 e. The minimum atomic E-state index is -0.940. The van der Waals surface area contributed by atoms with E-state index in [0.29, 0.717) is 23.7 Å². The molecule has 0 radical (unpaired) electrons. The van der Waals surface area contributed by atoms with Crippen LogP contribution in [0.5, 0.6) is 0 Å². The number of aromatic nitrogens is 3. The van der Waals surface area contributed by atoms with Gasteiger partial charge in [0.05, 0.1) is 0 Å². The Morgan fingerprint density at radius 1 is 1.52 bits per heavy atom. The van der Waals surface area contributed by atoms with Gasteiger partial charge in [-0.3, -0.25) is 0 Å². The highest BCUT2D eigenvalue weighted by atomic mass is 35.5. The Balaban J connectivity index is 2.11. The summed E-state index contributed by atoms with van der Waals surface area (Å²) in [6.45, 7) is 1.95. The molecule has 1 aromatic heterocycles. The molecule has 6 nitrogen and oxygen atoms in total. The predicted molar refractivity (Wildman–Crippen MR) is 78.4 cm³/mol. The van der Waals surface area contributed by atoms with Gasteiger partial charge in [-0.05, 0) is 36.6 Å². The fourth-order valence-electron chi connectivity index (χ4n) is 2.99. The summed E-state index contributed by atoms with van der Waals surface area (Å²) in [5, 5.41) is 14.3. The number of nitrogens with zero attached hydrogens (tertiary/aromatic N) is 3. The van der Waals surface area contributed by atoms with Crippen LogP contribution in [-0.2, 0) is 11.2 Å². The number of carbonyl (C=O) groups is 1. The molecular weight excluding hydrogens is 292 g/mol. The van der Waals surface area contributed by atoms with E-state index in [1.165, 1.54) is 4.68 Å². The molecule has 7 heteroatoms. The molecule has 0 saturated carbocycles.